The fraction of sp³-hybridized carbons (Fsp3) is 0.167. The summed E-state index contributed by atoms with van der Waals surface area (Å²) in [5.74, 6) is -0.654. The van der Waals surface area contributed by atoms with Crippen LogP contribution in [0, 0.1) is 0 Å². The Kier molecular flexibility index (Phi) is 2.82. The number of esters is 1. The molecule has 88 valence electrons. The molecular formula is C12H12N2O3. The van der Waals surface area contributed by atoms with Gasteiger partial charge >= 0.3 is 5.97 Å². The Bertz CT molecular complexity index is 561. The molecule has 2 aromatic rings. The van der Waals surface area contributed by atoms with Crippen molar-refractivity contribution in [3.63, 3.8) is 0 Å². The van der Waals surface area contributed by atoms with Crippen molar-refractivity contribution in [3.05, 3.63) is 36.2 Å². The van der Waals surface area contributed by atoms with Gasteiger partial charge in [0.1, 0.15) is 11.3 Å². The molecule has 0 bridgehead atoms. The quantitative estimate of drug-likeness (QED) is 0.798. The number of aromatic nitrogens is 2. The zero-order valence-electron chi connectivity index (χ0n) is 9.54. The first-order valence-corrected chi connectivity index (χ1v) is 5.02. The molecule has 5 heteroatoms. The molecule has 0 saturated carbocycles. The Labute approximate surface area is 98.3 Å². The van der Waals surface area contributed by atoms with Crippen LogP contribution in [0.3, 0.4) is 0 Å². The predicted molar refractivity (Wildman–Crippen MR) is 61.6 cm³/mol. The molecule has 0 saturated heterocycles. The molecule has 1 heterocycles. The first kappa shape index (κ1) is 11.2. The largest absolute Gasteiger partial charge is 0.507 e. The maximum Gasteiger partial charge on any atom is 0.341 e. The number of phenolic OH excluding ortho intramolecular Hbond substituents is 1. The number of aromatic hydroxyl groups is 1. The minimum absolute atomic E-state index is 0.0989. The van der Waals surface area contributed by atoms with E-state index in [4.69, 9.17) is 0 Å². The van der Waals surface area contributed by atoms with Crippen LogP contribution in [0.25, 0.3) is 11.1 Å². The van der Waals surface area contributed by atoms with Gasteiger partial charge in [-0.25, -0.2) is 4.79 Å². The number of ether oxygens (including phenoxy) is 1. The van der Waals surface area contributed by atoms with Crippen molar-refractivity contribution in [3.8, 4) is 16.9 Å². The number of methoxy groups -OCH3 is 1. The van der Waals surface area contributed by atoms with E-state index in [1.807, 2.05) is 13.2 Å². The van der Waals surface area contributed by atoms with E-state index < -0.39 is 5.97 Å². The first-order valence-electron chi connectivity index (χ1n) is 5.02. The topological polar surface area (TPSA) is 64.3 Å². The SMILES string of the molecule is COC(=O)c1ccc(-c2cnn(C)c2)cc1O. The highest BCUT2D eigenvalue weighted by Crippen LogP contribution is 2.26. The second kappa shape index (κ2) is 4.29. The molecule has 0 unspecified atom stereocenters. The van der Waals surface area contributed by atoms with Crippen molar-refractivity contribution < 1.29 is 14.6 Å². The Morgan fingerprint density at radius 1 is 1.41 bits per heavy atom. The third kappa shape index (κ3) is 2.13. The molecule has 17 heavy (non-hydrogen) atoms. The fourth-order valence-corrected chi connectivity index (χ4v) is 1.56. The third-order valence-corrected chi connectivity index (χ3v) is 2.44. The normalized spacial score (nSPS) is 10.2. The van der Waals surface area contributed by atoms with Crippen molar-refractivity contribution in [1.82, 2.24) is 9.78 Å². The van der Waals surface area contributed by atoms with Crippen LogP contribution in [0.1, 0.15) is 10.4 Å². The summed E-state index contributed by atoms with van der Waals surface area (Å²) in [6.07, 6.45) is 3.51. The molecule has 1 aromatic carbocycles. The van der Waals surface area contributed by atoms with Crippen LogP contribution >= 0.6 is 0 Å². The molecule has 0 aliphatic carbocycles. The van der Waals surface area contributed by atoms with Gasteiger partial charge in [-0.05, 0) is 17.7 Å². The number of rotatable bonds is 2. The monoisotopic (exact) mass is 232 g/mol. The highest BCUT2D eigenvalue weighted by molar-refractivity contribution is 5.93. The lowest BCUT2D eigenvalue weighted by atomic mass is 10.1. The van der Waals surface area contributed by atoms with Gasteiger partial charge in [0, 0.05) is 18.8 Å². The molecule has 0 radical (unpaired) electrons. The molecule has 1 N–H and O–H groups in total. The van der Waals surface area contributed by atoms with E-state index in [9.17, 15) is 9.90 Å². The van der Waals surface area contributed by atoms with E-state index in [-0.39, 0.29) is 11.3 Å². The molecular weight excluding hydrogens is 220 g/mol. The van der Waals surface area contributed by atoms with Crippen LogP contribution in [0.5, 0.6) is 5.75 Å². The lowest BCUT2D eigenvalue weighted by Crippen LogP contribution is -2.01. The molecule has 0 amide bonds. The summed E-state index contributed by atoms with van der Waals surface area (Å²) >= 11 is 0. The lowest BCUT2D eigenvalue weighted by Gasteiger charge is -2.04. The van der Waals surface area contributed by atoms with Gasteiger partial charge in [0.05, 0.1) is 13.3 Å². The number of carbonyl (C=O) groups excluding carboxylic acids is 1. The van der Waals surface area contributed by atoms with Gasteiger partial charge in [-0.15, -0.1) is 0 Å². The number of nitrogens with zero attached hydrogens (tertiary/aromatic N) is 2. The van der Waals surface area contributed by atoms with Crippen LogP contribution in [-0.2, 0) is 11.8 Å². The number of hydrogen-bond donors (Lipinski definition) is 1. The second-order valence-corrected chi connectivity index (χ2v) is 3.63. The lowest BCUT2D eigenvalue weighted by molar-refractivity contribution is 0.0597. The summed E-state index contributed by atoms with van der Waals surface area (Å²) in [7, 11) is 3.09. The average Bonchev–Trinajstić information content (AvgIpc) is 2.75. The van der Waals surface area contributed by atoms with Crippen LogP contribution in [0.2, 0.25) is 0 Å². The number of phenols is 1. The highest BCUT2D eigenvalue weighted by atomic mass is 16.5. The summed E-state index contributed by atoms with van der Waals surface area (Å²) in [6.45, 7) is 0. The summed E-state index contributed by atoms with van der Waals surface area (Å²) in [6, 6.07) is 4.79. The van der Waals surface area contributed by atoms with Crippen molar-refractivity contribution in [2.45, 2.75) is 0 Å². The van der Waals surface area contributed by atoms with Gasteiger partial charge in [-0.2, -0.15) is 5.10 Å². The molecule has 0 spiro atoms. The smallest absolute Gasteiger partial charge is 0.341 e. The van der Waals surface area contributed by atoms with Crippen LogP contribution in [-0.4, -0.2) is 28.0 Å². The van der Waals surface area contributed by atoms with Crippen LogP contribution in [0.4, 0.5) is 0 Å². The van der Waals surface area contributed by atoms with Crippen LogP contribution in [0.15, 0.2) is 30.6 Å². The molecule has 5 nitrogen and oxygen atoms in total. The van der Waals surface area contributed by atoms with Crippen molar-refractivity contribution >= 4 is 5.97 Å². The second-order valence-electron chi connectivity index (χ2n) is 3.63. The summed E-state index contributed by atoms with van der Waals surface area (Å²) in [4.78, 5) is 11.3. The van der Waals surface area contributed by atoms with Crippen molar-refractivity contribution in [2.75, 3.05) is 7.11 Å². The zero-order chi connectivity index (χ0) is 12.4. The Morgan fingerprint density at radius 3 is 2.71 bits per heavy atom. The number of aryl methyl sites for hydroxylation is 1. The zero-order valence-corrected chi connectivity index (χ0v) is 9.54. The molecule has 0 fully saturated rings. The Morgan fingerprint density at radius 2 is 2.18 bits per heavy atom. The molecule has 0 aliphatic heterocycles. The number of carbonyl (C=O) groups is 1. The van der Waals surface area contributed by atoms with Crippen molar-refractivity contribution in [2.24, 2.45) is 7.05 Å². The summed E-state index contributed by atoms with van der Waals surface area (Å²) < 4.78 is 6.22. The fourth-order valence-electron chi connectivity index (χ4n) is 1.56. The van der Waals surface area contributed by atoms with Gasteiger partial charge in [-0.3, -0.25) is 4.68 Å². The van der Waals surface area contributed by atoms with E-state index in [0.29, 0.717) is 0 Å². The number of benzene rings is 1. The molecule has 0 atom stereocenters. The summed E-state index contributed by atoms with van der Waals surface area (Å²) in [5.41, 5.74) is 1.82. The van der Waals surface area contributed by atoms with E-state index >= 15 is 0 Å². The molecule has 2 rings (SSSR count). The van der Waals surface area contributed by atoms with E-state index in [1.54, 1.807) is 16.9 Å². The van der Waals surface area contributed by atoms with E-state index in [0.717, 1.165) is 11.1 Å². The highest BCUT2D eigenvalue weighted by Gasteiger charge is 2.12. The van der Waals surface area contributed by atoms with Crippen LogP contribution < -0.4 is 0 Å². The number of hydrogen-bond acceptors (Lipinski definition) is 4. The maximum absolute atomic E-state index is 11.3. The summed E-state index contributed by atoms with van der Waals surface area (Å²) in [5, 5.41) is 13.8. The third-order valence-electron chi connectivity index (χ3n) is 2.44. The minimum Gasteiger partial charge on any atom is -0.507 e. The minimum atomic E-state index is -0.555. The van der Waals surface area contributed by atoms with E-state index in [1.165, 1.54) is 19.2 Å². The van der Waals surface area contributed by atoms with Gasteiger partial charge in [0.2, 0.25) is 0 Å². The first-order chi connectivity index (χ1) is 8.11. The van der Waals surface area contributed by atoms with E-state index in [2.05, 4.69) is 9.84 Å². The maximum atomic E-state index is 11.3. The standard InChI is InChI=1S/C12H12N2O3/c1-14-7-9(6-13-14)8-3-4-10(11(15)5-8)12(16)17-2/h3-7,15H,1-2H3. The molecule has 1 aromatic heterocycles. The van der Waals surface area contributed by atoms with Crippen molar-refractivity contribution in [1.29, 1.82) is 0 Å². The average molecular weight is 232 g/mol. The van der Waals surface area contributed by atoms with Gasteiger partial charge in [0.15, 0.2) is 0 Å². The van der Waals surface area contributed by atoms with Gasteiger partial charge < -0.3 is 9.84 Å². The Hall–Kier alpha value is -2.30. The predicted octanol–water partition coefficient (Wildman–Crippen LogP) is 1.58. The Balaban J connectivity index is 2.40. The van der Waals surface area contributed by atoms with Gasteiger partial charge in [-0.1, -0.05) is 6.07 Å². The molecule has 0 aliphatic rings. The van der Waals surface area contributed by atoms with Gasteiger partial charge in [0.25, 0.3) is 0 Å².